The molecule has 3 amide bonds. The maximum atomic E-state index is 14.4. The Morgan fingerprint density at radius 3 is 2.33 bits per heavy atom. The Hall–Kier alpha value is -2.45. The third-order valence-corrected chi connectivity index (χ3v) is 8.84. The molecule has 3 N–H and O–H groups in total. The monoisotopic (exact) mass is 555 g/mol. The number of ether oxygens (including phenoxy) is 1. The van der Waals surface area contributed by atoms with Crippen LogP contribution >= 0.6 is 0 Å². The van der Waals surface area contributed by atoms with Crippen molar-refractivity contribution in [1.82, 2.24) is 15.5 Å². The van der Waals surface area contributed by atoms with Gasteiger partial charge < -0.3 is 25.4 Å². The van der Waals surface area contributed by atoms with Gasteiger partial charge in [-0.1, -0.05) is 65.0 Å². The van der Waals surface area contributed by atoms with Crippen LogP contribution in [0.25, 0.3) is 0 Å². The van der Waals surface area contributed by atoms with Gasteiger partial charge in [0.05, 0.1) is 30.1 Å². The minimum atomic E-state index is -1.12. The molecule has 3 aliphatic rings. The Morgan fingerprint density at radius 1 is 1.10 bits per heavy atom. The second-order valence-electron chi connectivity index (χ2n) is 14.8. The van der Waals surface area contributed by atoms with Crippen LogP contribution in [0.1, 0.15) is 86.6 Å². The molecule has 1 spiro atoms. The molecule has 222 valence electrons. The number of benzene rings is 1. The molecule has 1 aromatic carbocycles. The number of rotatable bonds is 10. The zero-order chi connectivity index (χ0) is 29.7. The number of nitrogens with zero attached hydrogens (tertiary/aromatic N) is 1. The Labute approximate surface area is 239 Å². The van der Waals surface area contributed by atoms with Crippen LogP contribution in [0.4, 0.5) is 0 Å². The molecule has 0 aromatic heterocycles. The molecule has 40 heavy (non-hydrogen) atoms. The molecule has 1 aromatic rings. The van der Waals surface area contributed by atoms with E-state index in [1.165, 1.54) is 0 Å². The molecular weight excluding hydrogens is 506 g/mol. The lowest BCUT2D eigenvalue weighted by molar-refractivity contribution is -0.150. The number of likely N-dealkylation sites (tertiary alicyclic amines) is 1. The van der Waals surface area contributed by atoms with Crippen LogP contribution < -0.4 is 10.6 Å². The summed E-state index contributed by atoms with van der Waals surface area (Å²) in [5.74, 6) is -2.09. The summed E-state index contributed by atoms with van der Waals surface area (Å²) >= 11 is 0. The van der Waals surface area contributed by atoms with Crippen LogP contribution in [-0.2, 0) is 25.7 Å². The van der Waals surface area contributed by atoms with E-state index in [1.54, 1.807) is 4.90 Å². The van der Waals surface area contributed by atoms with Gasteiger partial charge in [-0.25, -0.2) is 0 Å². The van der Waals surface area contributed by atoms with Crippen LogP contribution in [0.2, 0.25) is 0 Å². The van der Waals surface area contributed by atoms with Crippen LogP contribution in [0.3, 0.4) is 0 Å². The van der Waals surface area contributed by atoms with Crippen molar-refractivity contribution < 1.29 is 24.2 Å². The maximum absolute atomic E-state index is 14.4. The van der Waals surface area contributed by atoms with E-state index in [0.29, 0.717) is 25.8 Å². The summed E-state index contributed by atoms with van der Waals surface area (Å²) in [5.41, 5.74) is -1.55. The largest absolute Gasteiger partial charge is 0.394 e. The molecule has 8 nitrogen and oxygen atoms in total. The fraction of sp³-hybridized carbons (Fsp3) is 0.719. The number of carbonyl (C=O) groups is 3. The van der Waals surface area contributed by atoms with E-state index in [-0.39, 0.29) is 35.7 Å². The Kier molecular flexibility index (Phi) is 8.20. The van der Waals surface area contributed by atoms with E-state index in [1.807, 2.05) is 65.0 Å². The molecule has 4 rings (SSSR count). The zero-order valence-corrected chi connectivity index (χ0v) is 25.5. The second kappa shape index (κ2) is 10.8. The molecule has 3 heterocycles. The molecule has 0 radical (unpaired) electrons. The van der Waals surface area contributed by atoms with Gasteiger partial charge in [-0.3, -0.25) is 14.4 Å². The summed E-state index contributed by atoms with van der Waals surface area (Å²) in [6, 6.07) is 8.19. The van der Waals surface area contributed by atoms with Gasteiger partial charge in [0.25, 0.3) is 0 Å². The van der Waals surface area contributed by atoms with Gasteiger partial charge in [-0.05, 0) is 63.4 Å². The lowest BCUT2D eigenvalue weighted by Crippen LogP contribution is -2.61. The lowest BCUT2D eigenvalue weighted by atomic mass is 9.66. The smallest absolute Gasteiger partial charge is 0.246 e. The Bertz CT molecular complexity index is 1110. The molecule has 8 heteroatoms. The van der Waals surface area contributed by atoms with Crippen molar-refractivity contribution in [1.29, 1.82) is 0 Å². The lowest BCUT2D eigenvalue weighted by Gasteiger charge is -2.40. The first-order valence-electron chi connectivity index (χ1n) is 14.8. The normalized spacial score (nSPS) is 30.5. The predicted octanol–water partition coefficient (Wildman–Crippen LogP) is 3.81. The minimum Gasteiger partial charge on any atom is -0.394 e. The molecule has 2 unspecified atom stereocenters. The van der Waals surface area contributed by atoms with E-state index in [0.717, 1.165) is 12.0 Å². The van der Waals surface area contributed by atoms with Crippen LogP contribution in [-0.4, -0.2) is 63.2 Å². The number of fused-ring (bicyclic) bond motifs is 1. The highest BCUT2D eigenvalue weighted by molar-refractivity contribution is 5.99. The summed E-state index contributed by atoms with van der Waals surface area (Å²) in [5, 5.41) is 16.7. The van der Waals surface area contributed by atoms with Crippen molar-refractivity contribution in [2.24, 2.45) is 23.2 Å². The van der Waals surface area contributed by atoms with Crippen molar-refractivity contribution >= 4 is 17.7 Å². The second-order valence-corrected chi connectivity index (χ2v) is 14.8. The zero-order valence-electron chi connectivity index (χ0n) is 25.5. The fourth-order valence-corrected chi connectivity index (χ4v) is 7.94. The number of hydrogen-bond donors (Lipinski definition) is 3. The quantitative estimate of drug-likeness (QED) is 0.407. The molecule has 2 bridgehead atoms. The van der Waals surface area contributed by atoms with Gasteiger partial charge in [-0.15, -0.1) is 0 Å². The summed E-state index contributed by atoms with van der Waals surface area (Å²) < 4.78 is 6.74. The highest BCUT2D eigenvalue weighted by atomic mass is 16.5. The number of hydrogen-bond acceptors (Lipinski definition) is 5. The van der Waals surface area contributed by atoms with Crippen LogP contribution in [0.15, 0.2) is 30.3 Å². The first kappa shape index (κ1) is 30.5. The first-order chi connectivity index (χ1) is 18.5. The SMILES string of the molecule is CC(C)C[C@H](CO)N1C(=O)[C@@H]2[C@H](C(=O)NCc3ccccc3)[C@]3(C)CCC2(O3)C1C(=O)NC(C)(C)CC(C)(C)C. The van der Waals surface area contributed by atoms with Gasteiger partial charge in [0, 0.05) is 12.1 Å². The highest BCUT2D eigenvalue weighted by Gasteiger charge is 2.78. The van der Waals surface area contributed by atoms with Gasteiger partial charge in [0.15, 0.2) is 0 Å². The maximum Gasteiger partial charge on any atom is 0.246 e. The number of aliphatic hydroxyl groups is 1. The van der Waals surface area contributed by atoms with Gasteiger partial charge in [0.1, 0.15) is 11.6 Å². The molecule has 3 aliphatic heterocycles. The number of amides is 3. The van der Waals surface area contributed by atoms with Gasteiger partial charge in [-0.2, -0.15) is 0 Å². The number of nitrogens with one attached hydrogen (secondary N) is 2. The molecule has 6 atom stereocenters. The van der Waals surface area contributed by atoms with Crippen molar-refractivity contribution in [3.8, 4) is 0 Å². The third kappa shape index (κ3) is 5.67. The first-order valence-corrected chi connectivity index (χ1v) is 14.8. The molecular formula is C32H49N3O5. The van der Waals surface area contributed by atoms with Crippen LogP contribution in [0, 0.1) is 23.2 Å². The fourth-order valence-electron chi connectivity index (χ4n) is 7.94. The topological polar surface area (TPSA) is 108 Å². The van der Waals surface area contributed by atoms with Gasteiger partial charge >= 0.3 is 0 Å². The molecule has 0 aliphatic carbocycles. The summed E-state index contributed by atoms with van der Waals surface area (Å²) in [6.07, 6.45) is 2.37. The highest BCUT2D eigenvalue weighted by Crippen LogP contribution is 2.63. The Balaban J connectivity index is 1.70. The standard InChI is InChI=1S/C32H49N3O5/c1-20(2)16-22(18-36)35-25(27(38)34-30(6,7)19-29(3,4)5)32-15-14-31(8,40-32)23(24(32)28(35)39)26(37)33-17-21-12-10-9-11-13-21/h9-13,20,22-25,36H,14-19H2,1-8H3,(H,33,37)(H,34,38)/t22-,23-,24+,25?,31+,32?/m1/s1. The summed E-state index contributed by atoms with van der Waals surface area (Å²) in [7, 11) is 0. The van der Waals surface area contributed by atoms with Crippen molar-refractivity contribution in [2.75, 3.05) is 6.61 Å². The molecule has 3 fully saturated rings. The number of aliphatic hydroxyl groups excluding tert-OH is 1. The van der Waals surface area contributed by atoms with E-state index in [4.69, 9.17) is 4.74 Å². The summed E-state index contributed by atoms with van der Waals surface area (Å²) in [4.78, 5) is 44.0. The number of carbonyl (C=O) groups excluding carboxylic acids is 3. The van der Waals surface area contributed by atoms with Crippen molar-refractivity contribution in [2.45, 2.75) is 116 Å². The van der Waals surface area contributed by atoms with Crippen molar-refractivity contribution in [3.63, 3.8) is 0 Å². The predicted molar refractivity (Wildman–Crippen MR) is 154 cm³/mol. The van der Waals surface area contributed by atoms with E-state index >= 15 is 0 Å². The van der Waals surface area contributed by atoms with Crippen molar-refractivity contribution in [3.05, 3.63) is 35.9 Å². The minimum absolute atomic E-state index is 0.0220. The average molecular weight is 556 g/mol. The molecule has 0 saturated carbocycles. The van der Waals surface area contributed by atoms with E-state index < -0.39 is 40.7 Å². The van der Waals surface area contributed by atoms with Gasteiger partial charge in [0.2, 0.25) is 17.7 Å². The van der Waals surface area contributed by atoms with Crippen LogP contribution in [0.5, 0.6) is 0 Å². The Morgan fingerprint density at radius 2 is 1.75 bits per heavy atom. The average Bonchev–Trinajstić information content (AvgIpc) is 3.40. The van der Waals surface area contributed by atoms with E-state index in [9.17, 15) is 19.5 Å². The summed E-state index contributed by atoms with van der Waals surface area (Å²) in [6.45, 7) is 16.5. The third-order valence-electron chi connectivity index (χ3n) is 8.84. The molecule has 3 saturated heterocycles. The van der Waals surface area contributed by atoms with E-state index in [2.05, 4.69) is 31.4 Å².